The molecule has 146 valence electrons. The lowest BCUT2D eigenvalue weighted by Crippen LogP contribution is -2.44. The van der Waals surface area contributed by atoms with E-state index in [4.69, 9.17) is 9.41 Å². The van der Waals surface area contributed by atoms with Crippen LogP contribution in [-0.4, -0.2) is 68.6 Å². The molecule has 0 amide bonds. The molecule has 2 unspecified atom stereocenters. The monoisotopic (exact) mass is 361 g/mol. The van der Waals surface area contributed by atoms with Gasteiger partial charge in [0.15, 0.2) is 5.96 Å². The van der Waals surface area contributed by atoms with Crippen LogP contribution in [0.2, 0.25) is 0 Å². The summed E-state index contributed by atoms with van der Waals surface area (Å²) in [4.78, 5) is 9.83. The lowest BCUT2D eigenvalue weighted by Gasteiger charge is -2.30. The summed E-state index contributed by atoms with van der Waals surface area (Å²) in [7, 11) is 2.22. The van der Waals surface area contributed by atoms with Gasteiger partial charge in [-0.15, -0.1) is 0 Å². The van der Waals surface area contributed by atoms with Gasteiger partial charge in [-0.05, 0) is 77.3 Å². The van der Waals surface area contributed by atoms with Crippen LogP contribution in [0.15, 0.2) is 27.8 Å². The Hall–Kier alpha value is -1.53. The van der Waals surface area contributed by atoms with Gasteiger partial charge in [0.25, 0.3) is 0 Å². The third-order valence-corrected chi connectivity index (χ3v) is 5.50. The molecule has 0 spiro atoms. The molecule has 2 atom stereocenters. The fourth-order valence-corrected chi connectivity index (χ4v) is 4.12. The standard InChI is InChI=1S/C20H35N5O/c1-3-21-20(22-14-17-8-6-10-24(2)16-17)23-15-18(19-9-7-13-26-19)25-11-4-5-12-25/h7,9,13,17-18H,3-6,8,10-12,14-16H2,1-2H3,(H2,21,22,23). The Labute approximate surface area is 158 Å². The molecule has 26 heavy (non-hydrogen) atoms. The molecule has 2 saturated heterocycles. The maximum Gasteiger partial charge on any atom is 0.191 e. The molecule has 6 nitrogen and oxygen atoms in total. The Morgan fingerprint density at radius 1 is 1.27 bits per heavy atom. The van der Waals surface area contributed by atoms with Crippen LogP contribution in [-0.2, 0) is 0 Å². The van der Waals surface area contributed by atoms with E-state index in [1.54, 1.807) is 6.26 Å². The van der Waals surface area contributed by atoms with Crippen molar-refractivity contribution in [3.63, 3.8) is 0 Å². The number of aliphatic imine (C=N–C) groups is 1. The van der Waals surface area contributed by atoms with Crippen LogP contribution >= 0.6 is 0 Å². The van der Waals surface area contributed by atoms with Crippen molar-refractivity contribution in [1.29, 1.82) is 0 Å². The van der Waals surface area contributed by atoms with E-state index in [0.29, 0.717) is 5.92 Å². The zero-order valence-corrected chi connectivity index (χ0v) is 16.4. The Bertz CT molecular complexity index is 538. The van der Waals surface area contributed by atoms with Gasteiger partial charge in [0.2, 0.25) is 0 Å². The summed E-state index contributed by atoms with van der Waals surface area (Å²) >= 11 is 0. The van der Waals surface area contributed by atoms with Crippen molar-refractivity contribution in [1.82, 2.24) is 20.4 Å². The van der Waals surface area contributed by atoms with E-state index in [9.17, 15) is 0 Å². The maximum absolute atomic E-state index is 5.71. The van der Waals surface area contributed by atoms with E-state index in [1.807, 2.05) is 6.07 Å². The molecule has 1 aromatic rings. The second-order valence-electron chi connectivity index (χ2n) is 7.65. The summed E-state index contributed by atoms with van der Waals surface area (Å²) < 4.78 is 5.71. The van der Waals surface area contributed by atoms with E-state index in [-0.39, 0.29) is 6.04 Å². The highest BCUT2D eigenvalue weighted by molar-refractivity contribution is 5.79. The summed E-state index contributed by atoms with van der Waals surface area (Å²) in [5.41, 5.74) is 0. The van der Waals surface area contributed by atoms with Crippen molar-refractivity contribution >= 4 is 5.96 Å². The minimum Gasteiger partial charge on any atom is -0.468 e. The van der Waals surface area contributed by atoms with Gasteiger partial charge < -0.3 is 20.0 Å². The highest BCUT2D eigenvalue weighted by atomic mass is 16.3. The number of guanidine groups is 1. The van der Waals surface area contributed by atoms with Crippen LogP contribution in [0.5, 0.6) is 0 Å². The summed E-state index contributed by atoms with van der Waals surface area (Å²) in [6, 6.07) is 4.30. The molecule has 0 aliphatic carbocycles. The van der Waals surface area contributed by atoms with Gasteiger partial charge in [-0.2, -0.15) is 0 Å². The topological polar surface area (TPSA) is 56.0 Å². The summed E-state index contributed by atoms with van der Waals surface area (Å²) in [6.07, 6.45) is 6.92. The number of nitrogens with one attached hydrogen (secondary N) is 2. The van der Waals surface area contributed by atoms with Gasteiger partial charge >= 0.3 is 0 Å². The molecule has 6 heteroatoms. The highest BCUT2D eigenvalue weighted by Gasteiger charge is 2.25. The van der Waals surface area contributed by atoms with Crippen LogP contribution < -0.4 is 10.6 Å². The largest absolute Gasteiger partial charge is 0.468 e. The molecular formula is C20H35N5O. The molecular weight excluding hydrogens is 326 g/mol. The predicted octanol–water partition coefficient (Wildman–Crippen LogP) is 2.31. The van der Waals surface area contributed by atoms with Crippen LogP contribution in [0, 0.1) is 5.92 Å². The SMILES string of the molecule is CCNC(=NCC(c1ccco1)N1CCCC1)NCC1CCCN(C)C1. The molecule has 3 rings (SSSR count). The quantitative estimate of drug-likeness (QED) is 0.577. The minimum atomic E-state index is 0.240. The van der Waals surface area contributed by atoms with Crippen LogP contribution in [0.1, 0.15) is 44.4 Å². The van der Waals surface area contributed by atoms with Gasteiger partial charge in [-0.1, -0.05) is 0 Å². The number of piperidine rings is 1. The van der Waals surface area contributed by atoms with E-state index in [1.165, 1.54) is 38.8 Å². The van der Waals surface area contributed by atoms with Crippen molar-refractivity contribution in [3.8, 4) is 0 Å². The van der Waals surface area contributed by atoms with Crippen LogP contribution in [0.4, 0.5) is 0 Å². The molecule has 2 aliphatic rings. The third-order valence-electron chi connectivity index (χ3n) is 5.50. The van der Waals surface area contributed by atoms with Gasteiger partial charge in [0.05, 0.1) is 18.8 Å². The van der Waals surface area contributed by atoms with Crippen molar-refractivity contribution in [2.75, 3.05) is 52.9 Å². The van der Waals surface area contributed by atoms with Crippen LogP contribution in [0.25, 0.3) is 0 Å². The second kappa shape index (κ2) is 9.97. The molecule has 1 aromatic heterocycles. The fourth-order valence-electron chi connectivity index (χ4n) is 4.12. The molecule has 0 radical (unpaired) electrons. The Morgan fingerprint density at radius 3 is 2.81 bits per heavy atom. The molecule has 2 fully saturated rings. The van der Waals surface area contributed by atoms with Crippen molar-refractivity contribution < 1.29 is 4.42 Å². The van der Waals surface area contributed by atoms with E-state index >= 15 is 0 Å². The van der Waals surface area contributed by atoms with Crippen LogP contribution in [0.3, 0.4) is 0 Å². The van der Waals surface area contributed by atoms with Crippen molar-refractivity contribution in [2.45, 2.75) is 38.6 Å². The molecule has 0 aromatic carbocycles. The van der Waals surface area contributed by atoms with Gasteiger partial charge in [-0.25, -0.2) is 0 Å². The smallest absolute Gasteiger partial charge is 0.191 e. The lowest BCUT2D eigenvalue weighted by atomic mass is 9.99. The van der Waals surface area contributed by atoms with Gasteiger partial charge in [0, 0.05) is 19.6 Å². The maximum atomic E-state index is 5.71. The molecule has 3 heterocycles. The number of hydrogen-bond acceptors (Lipinski definition) is 4. The first-order chi connectivity index (χ1) is 12.8. The molecule has 2 aliphatic heterocycles. The molecule has 0 bridgehead atoms. The first-order valence-electron chi connectivity index (χ1n) is 10.2. The summed E-state index contributed by atoms with van der Waals surface area (Å²) in [5.74, 6) is 2.66. The van der Waals surface area contributed by atoms with Gasteiger partial charge in [0.1, 0.15) is 5.76 Å². The number of nitrogens with zero attached hydrogens (tertiary/aromatic N) is 3. The summed E-state index contributed by atoms with van der Waals surface area (Å²) in [6.45, 7) is 9.40. The highest BCUT2D eigenvalue weighted by Crippen LogP contribution is 2.25. The summed E-state index contributed by atoms with van der Waals surface area (Å²) in [5, 5.41) is 6.97. The van der Waals surface area contributed by atoms with Gasteiger partial charge in [-0.3, -0.25) is 9.89 Å². The first kappa shape index (κ1) is 19.2. The minimum absolute atomic E-state index is 0.240. The number of rotatable bonds is 7. The lowest BCUT2D eigenvalue weighted by molar-refractivity contribution is 0.210. The van der Waals surface area contributed by atoms with Crippen molar-refractivity contribution in [2.24, 2.45) is 10.9 Å². The average Bonchev–Trinajstić information content (AvgIpc) is 3.34. The van der Waals surface area contributed by atoms with E-state index < -0.39 is 0 Å². The average molecular weight is 362 g/mol. The second-order valence-corrected chi connectivity index (χ2v) is 7.65. The Balaban J connectivity index is 1.59. The zero-order valence-electron chi connectivity index (χ0n) is 16.4. The Kier molecular flexibility index (Phi) is 7.38. The third kappa shape index (κ3) is 5.48. The number of furan rings is 1. The predicted molar refractivity (Wildman–Crippen MR) is 106 cm³/mol. The number of likely N-dealkylation sites (tertiary alicyclic amines) is 2. The molecule has 0 saturated carbocycles. The number of hydrogen-bond donors (Lipinski definition) is 2. The normalized spacial score (nSPS) is 23.9. The zero-order chi connectivity index (χ0) is 18.2. The van der Waals surface area contributed by atoms with E-state index in [2.05, 4.69) is 40.5 Å². The first-order valence-corrected chi connectivity index (χ1v) is 10.2. The fraction of sp³-hybridized carbons (Fsp3) is 0.750. The Morgan fingerprint density at radius 2 is 2.12 bits per heavy atom. The van der Waals surface area contributed by atoms with Crippen molar-refractivity contribution in [3.05, 3.63) is 24.2 Å². The van der Waals surface area contributed by atoms with E-state index in [0.717, 1.165) is 44.4 Å². The molecule has 2 N–H and O–H groups in total.